The van der Waals surface area contributed by atoms with Gasteiger partial charge in [-0.15, -0.1) is 24.2 Å². The maximum Gasteiger partial charge on any atom is 0.238 e. The Morgan fingerprint density at radius 2 is 1.95 bits per heavy atom. The van der Waals surface area contributed by atoms with Crippen LogP contribution in [-0.4, -0.2) is 38.0 Å². The molecular formula is C16H25ClN2O2S. The summed E-state index contributed by atoms with van der Waals surface area (Å²) in [6, 6.07) is 8.14. The summed E-state index contributed by atoms with van der Waals surface area (Å²) in [5, 5.41) is 6.69. The van der Waals surface area contributed by atoms with E-state index in [0.717, 1.165) is 10.9 Å². The van der Waals surface area contributed by atoms with Crippen LogP contribution >= 0.6 is 24.2 Å². The first-order valence-electron chi connectivity index (χ1n) is 7.54. The van der Waals surface area contributed by atoms with Crippen LogP contribution in [0.4, 0.5) is 5.69 Å². The van der Waals surface area contributed by atoms with Crippen molar-refractivity contribution in [2.75, 3.05) is 32.1 Å². The number of halogens is 1. The van der Waals surface area contributed by atoms with Crippen molar-refractivity contribution in [3.05, 3.63) is 24.3 Å². The van der Waals surface area contributed by atoms with E-state index in [2.05, 4.69) is 22.8 Å². The molecule has 1 amide bonds. The Hall–Kier alpha value is -0.750. The molecule has 0 radical (unpaired) electrons. The number of nitrogens with one attached hydrogen (secondary N) is 2. The lowest BCUT2D eigenvalue weighted by Crippen LogP contribution is -2.30. The Bertz CT molecular complexity index is 436. The van der Waals surface area contributed by atoms with Gasteiger partial charge in [-0.3, -0.25) is 4.79 Å². The lowest BCUT2D eigenvalue weighted by atomic mass is 10.3. The van der Waals surface area contributed by atoms with E-state index >= 15 is 0 Å². The number of amides is 1. The number of methoxy groups -OCH3 is 1. The molecule has 1 saturated carbocycles. The summed E-state index contributed by atoms with van der Waals surface area (Å²) in [5.74, 6) is -0.0256. The number of anilines is 1. The van der Waals surface area contributed by atoms with Crippen LogP contribution in [0.1, 0.15) is 25.7 Å². The summed E-state index contributed by atoms with van der Waals surface area (Å²) < 4.78 is 4.91. The van der Waals surface area contributed by atoms with Crippen LogP contribution in [-0.2, 0) is 9.53 Å². The van der Waals surface area contributed by atoms with Gasteiger partial charge in [0.2, 0.25) is 5.91 Å². The van der Waals surface area contributed by atoms with Gasteiger partial charge in [-0.25, -0.2) is 0 Å². The van der Waals surface area contributed by atoms with E-state index in [0.29, 0.717) is 19.7 Å². The molecule has 22 heavy (non-hydrogen) atoms. The lowest BCUT2D eigenvalue weighted by Gasteiger charge is -2.10. The van der Waals surface area contributed by atoms with Gasteiger partial charge in [-0.2, -0.15) is 0 Å². The second-order valence-corrected chi connectivity index (χ2v) is 6.64. The molecule has 1 fully saturated rings. The topological polar surface area (TPSA) is 50.4 Å². The molecule has 1 aromatic carbocycles. The Morgan fingerprint density at radius 1 is 1.27 bits per heavy atom. The highest BCUT2D eigenvalue weighted by molar-refractivity contribution is 8.00. The van der Waals surface area contributed by atoms with Gasteiger partial charge in [-0.05, 0) is 37.1 Å². The van der Waals surface area contributed by atoms with E-state index in [-0.39, 0.29) is 18.3 Å². The average Bonchev–Trinajstić information content (AvgIpc) is 2.99. The first kappa shape index (κ1) is 19.3. The summed E-state index contributed by atoms with van der Waals surface area (Å²) >= 11 is 1.96. The van der Waals surface area contributed by atoms with Gasteiger partial charge < -0.3 is 15.4 Å². The highest BCUT2D eigenvalue weighted by Gasteiger charge is 2.15. The molecule has 0 spiro atoms. The van der Waals surface area contributed by atoms with E-state index in [4.69, 9.17) is 4.74 Å². The molecule has 4 nitrogen and oxygen atoms in total. The van der Waals surface area contributed by atoms with Gasteiger partial charge in [0.25, 0.3) is 0 Å². The third-order valence-electron chi connectivity index (χ3n) is 3.51. The van der Waals surface area contributed by atoms with E-state index in [9.17, 15) is 4.79 Å². The number of carbonyl (C=O) groups is 1. The van der Waals surface area contributed by atoms with Gasteiger partial charge >= 0.3 is 0 Å². The van der Waals surface area contributed by atoms with Crippen LogP contribution < -0.4 is 10.6 Å². The summed E-state index contributed by atoms with van der Waals surface area (Å²) in [6.45, 7) is 1.60. The van der Waals surface area contributed by atoms with Crippen molar-refractivity contribution in [2.24, 2.45) is 0 Å². The fraction of sp³-hybridized carbons (Fsp3) is 0.562. The van der Waals surface area contributed by atoms with Crippen molar-refractivity contribution in [3.63, 3.8) is 0 Å². The number of benzene rings is 1. The fourth-order valence-electron chi connectivity index (χ4n) is 2.40. The molecular weight excluding hydrogens is 320 g/mol. The summed E-state index contributed by atoms with van der Waals surface area (Å²) in [5.41, 5.74) is 0.851. The SMILES string of the molecule is COCCNCC(=O)Nc1ccc(SC2CCCC2)cc1.Cl. The van der Waals surface area contributed by atoms with E-state index < -0.39 is 0 Å². The second-order valence-electron chi connectivity index (χ2n) is 5.27. The van der Waals surface area contributed by atoms with Crippen molar-refractivity contribution < 1.29 is 9.53 Å². The molecule has 0 atom stereocenters. The van der Waals surface area contributed by atoms with Crippen molar-refractivity contribution in [1.29, 1.82) is 0 Å². The Labute approximate surface area is 143 Å². The second kappa shape index (κ2) is 10.9. The molecule has 2 rings (SSSR count). The lowest BCUT2D eigenvalue weighted by molar-refractivity contribution is -0.115. The third-order valence-corrected chi connectivity index (χ3v) is 4.86. The van der Waals surface area contributed by atoms with Gasteiger partial charge in [0.1, 0.15) is 0 Å². The minimum atomic E-state index is -0.0256. The maximum atomic E-state index is 11.7. The fourth-order valence-corrected chi connectivity index (χ4v) is 3.64. The van der Waals surface area contributed by atoms with Crippen LogP contribution in [0.3, 0.4) is 0 Å². The normalized spacial score (nSPS) is 14.6. The number of ether oxygens (including phenoxy) is 1. The Balaban J connectivity index is 0.00000242. The van der Waals surface area contributed by atoms with Crippen LogP contribution in [0.25, 0.3) is 0 Å². The van der Waals surface area contributed by atoms with E-state index in [1.165, 1.54) is 30.6 Å². The van der Waals surface area contributed by atoms with Crippen LogP contribution in [0.15, 0.2) is 29.2 Å². The minimum absolute atomic E-state index is 0. The van der Waals surface area contributed by atoms with Crippen LogP contribution in [0, 0.1) is 0 Å². The molecule has 0 heterocycles. The van der Waals surface area contributed by atoms with Crippen molar-refractivity contribution in [1.82, 2.24) is 5.32 Å². The smallest absolute Gasteiger partial charge is 0.238 e. The molecule has 2 N–H and O–H groups in total. The van der Waals surface area contributed by atoms with Crippen molar-refractivity contribution >= 4 is 35.8 Å². The molecule has 0 aliphatic heterocycles. The molecule has 1 aromatic rings. The first-order chi connectivity index (χ1) is 10.3. The van der Waals surface area contributed by atoms with Gasteiger partial charge in [0.05, 0.1) is 13.2 Å². The van der Waals surface area contributed by atoms with Crippen LogP contribution in [0.2, 0.25) is 0 Å². The number of carbonyl (C=O) groups excluding carboxylic acids is 1. The summed E-state index contributed by atoms with van der Waals surface area (Å²) in [4.78, 5) is 13.0. The van der Waals surface area contributed by atoms with Gasteiger partial charge in [0.15, 0.2) is 0 Å². The highest BCUT2D eigenvalue weighted by Crippen LogP contribution is 2.34. The molecule has 1 aliphatic carbocycles. The van der Waals surface area contributed by atoms with Gasteiger partial charge in [0, 0.05) is 29.5 Å². The number of rotatable bonds is 8. The first-order valence-corrected chi connectivity index (χ1v) is 8.42. The maximum absolute atomic E-state index is 11.7. The quantitative estimate of drug-likeness (QED) is 0.710. The molecule has 1 aliphatic rings. The average molecular weight is 345 g/mol. The largest absolute Gasteiger partial charge is 0.383 e. The number of hydrogen-bond donors (Lipinski definition) is 2. The monoisotopic (exact) mass is 344 g/mol. The Morgan fingerprint density at radius 3 is 2.59 bits per heavy atom. The zero-order valence-electron chi connectivity index (χ0n) is 13.0. The zero-order valence-corrected chi connectivity index (χ0v) is 14.6. The van der Waals surface area contributed by atoms with Crippen molar-refractivity contribution in [2.45, 2.75) is 35.8 Å². The third kappa shape index (κ3) is 7.01. The predicted molar refractivity (Wildman–Crippen MR) is 95.2 cm³/mol. The molecule has 0 bridgehead atoms. The van der Waals surface area contributed by atoms with E-state index in [1.807, 2.05) is 23.9 Å². The van der Waals surface area contributed by atoms with Crippen LogP contribution in [0.5, 0.6) is 0 Å². The highest BCUT2D eigenvalue weighted by atomic mass is 35.5. The molecule has 0 unspecified atom stereocenters. The van der Waals surface area contributed by atoms with E-state index in [1.54, 1.807) is 7.11 Å². The molecule has 6 heteroatoms. The molecule has 0 aromatic heterocycles. The minimum Gasteiger partial charge on any atom is -0.383 e. The molecule has 124 valence electrons. The summed E-state index contributed by atoms with van der Waals surface area (Å²) in [7, 11) is 1.65. The van der Waals surface area contributed by atoms with Gasteiger partial charge in [-0.1, -0.05) is 12.8 Å². The number of hydrogen-bond acceptors (Lipinski definition) is 4. The number of thioether (sulfide) groups is 1. The molecule has 0 saturated heterocycles. The Kier molecular flexibility index (Phi) is 9.55. The van der Waals surface area contributed by atoms with Crippen molar-refractivity contribution in [3.8, 4) is 0 Å². The summed E-state index contributed by atoms with van der Waals surface area (Å²) in [6.07, 6.45) is 5.39. The zero-order chi connectivity index (χ0) is 14.9. The predicted octanol–water partition coefficient (Wildman–Crippen LogP) is 3.32. The standard InChI is InChI=1S/C16H24N2O2S.ClH/c1-20-11-10-17-12-16(19)18-13-6-8-15(9-7-13)21-14-4-2-3-5-14;/h6-9,14,17H,2-5,10-12H2,1H3,(H,18,19);1H.